The number of carbonyl (C=O) groups is 3. The van der Waals surface area contributed by atoms with Crippen LogP contribution in [-0.2, 0) is 20.8 Å². The highest BCUT2D eigenvalue weighted by Gasteiger charge is 2.18. The average molecular weight is 396 g/mol. The molecule has 0 aromatic heterocycles. The van der Waals surface area contributed by atoms with Crippen LogP contribution in [0.4, 0.5) is 11.4 Å². The summed E-state index contributed by atoms with van der Waals surface area (Å²) in [5, 5.41) is 8.03. The van der Waals surface area contributed by atoms with Gasteiger partial charge >= 0.3 is 11.8 Å². The molecular weight excluding hydrogens is 366 g/mol. The van der Waals surface area contributed by atoms with Gasteiger partial charge in [0.05, 0.1) is 6.04 Å². The van der Waals surface area contributed by atoms with E-state index < -0.39 is 11.8 Å². The second-order valence-corrected chi connectivity index (χ2v) is 7.65. The van der Waals surface area contributed by atoms with E-state index in [-0.39, 0.29) is 11.9 Å². The van der Waals surface area contributed by atoms with Gasteiger partial charge in [0.2, 0.25) is 5.91 Å². The van der Waals surface area contributed by atoms with Gasteiger partial charge in [0.25, 0.3) is 0 Å². The minimum absolute atomic E-state index is 0.206. The van der Waals surface area contributed by atoms with E-state index in [4.69, 9.17) is 0 Å². The van der Waals surface area contributed by atoms with Crippen LogP contribution in [0, 0.1) is 12.8 Å². The minimum Gasteiger partial charge on any atom is -0.341 e. The first-order valence-electron chi connectivity index (χ1n) is 9.75. The molecule has 3 N–H and O–H groups in total. The summed E-state index contributed by atoms with van der Waals surface area (Å²) in [5.41, 5.74) is 3.92. The van der Waals surface area contributed by atoms with E-state index >= 15 is 0 Å². The Morgan fingerprint density at radius 2 is 1.45 bits per heavy atom. The Bertz CT molecular complexity index is 889. The molecule has 1 atom stereocenters. The third-order valence-corrected chi connectivity index (χ3v) is 4.57. The van der Waals surface area contributed by atoms with Gasteiger partial charge in [-0.2, -0.15) is 0 Å². The van der Waals surface area contributed by atoms with Gasteiger partial charge in [-0.25, -0.2) is 0 Å². The molecule has 6 heteroatoms. The quantitative estimate of drug-likeness (QED) is 0.647. The molecule has 0 heterocycles. The number of anilines is 2. The standard InChI is InChI=1S/C23H29N3O3/c1-14(2)13-18-9-11-19(12-10-18)16(4)24-22(28)23(29)26-21-8-6-7-20(15(21)3)25-17(5)27/h6-12,14,16H,13H2,1-5H3,(H,24,28)(H,25,27)(H,26,29). The van der Waals surface area contributed by atoms with Crippen molar-refractivity contribution in [3.63, 3.8) is 0 Å². The summed E-state index contributed by atoms with van der Waals surface area (Å²) in [4.78, 5) is 35.9. The lowest BCUT2D eigenvalue weighted by Gasteiger charge is -2.16. The number of benzene rings is 2. The van der Waals surface area contributed by atoms with E-state index in [1.165, 1.54) is 12.5 Å². The maximum Gasteiger partial charge on any atom is 0.313 e. The van der Waals surface area contributed by atoms with Gasteiger partial charge in [-0.15, -0.1) is 0 Å². The molecular formula is C23H29N3O3. The topological polar surface area (TPSA) is 87.3 Å². The van der Waals surface area contributed by atoms with Crippen molar-refractivity contribution < 1.29 is 14.4 Å². The number of nitrogens with one attached hydrogen (secondary N) is 3. The Kier molecular flexibility index (Phi) is 7.53. The third kappa shape index (κ3) is 6.45. The minimum atomic E-state index is -0.753. The molecule has 0 bridgehead atoms. The molecule has 0 aliphatic carbocycles. The van der Waals surface area contributed by atoms with Gasteiger partial charge in [-0.3, -0.25) is 14.4 Å². The normalized spacial score (nSPS) is 11.7. The lowest BCUT2D eigenvalue weighted by molar-refractivity contribution is -0.136. The average Bonchev–Trinajstić information content (AvgIpc) is 2.64. The SMILES string of the molecule is CC(=O)Nc1cccc(NC(=O)C(=O)NC(C)c2ccc(CC(C)C)cc2)c1C. The van der Waals surface area contributed by atoms with Gasteiger partial charge in [-0.05, 0) is 55.0 Å². The Hall–Kier alpha value is -3.15. The van der Waals surface area contributed by atoms with E-state index in [1.807, 2.05) is 19.1 Å². The van der Waals surface area contributed by atoms with E-state index in [9.17, 15) is 14.4 Å². The molecule has 0 aliphatic rings. The lowest BCUT2D eigenvalue weighted by atomic mass is 10.00. The van der Waals surface area contributed by atoms with Crippen molar-refractivity contribution in [2.75, 3.05) is 10.6 Å². The molecule has 2 rings (SSSR count). The zero-order valence-corrected chi connectivity index (χ0v) is 17.6. The number of hydrogen-bond acceptors (Lipinski definition) is 3. The number of amides is 3. The molecule has 0 aliphatic heterocycles. The summed E-state index contributed by atoms with van der Waals surface area (Å²) < 4.78 is 0. The van der Waals surface area contributed by atoms with E-state index in [0.29, 0.717) is 22.9 Å². The van der Waals surface area contributed by atoms with Crippen molar-refractivity contribution in [1.29, 1.82) is 0 Å². The summed E-state index contributed by atoms with van der Waals surface area (Å²) in [6, 6.07) is 12.9. The van der Waals surface area contributed by atoms with Crippen LogP contribution in [0.3, 0.4) is 0 Å². The smallest absolute Gasteiger partial charge is 0.313 e. The molecule has 154 valence electrons. The molecule has 6 nitrogen and oxygen atoms in total. The van der Waals surface area contributed by atoms with E-state index in [0.717, 1.165) is 12.0 Å². The Morgan fingerprint density at radius 1 is 0.862 bits per heavy atom. The van der Waals surface area contributed by atoms with Crippen LogP contribution in [0.2, 0.25) is 0 Å². The van der Waals surface area contributed by atoms with Gasteiger partial charge in [0.1, 0.15) is 0 Å². The molecule has 0 radical (unpaired) electrons. The van der Waals surface area contributed by atoms with Crippen molar-refractivity contribution in [2.24, 2.45) is 5.92 Å². The predicted octanol–water partition coefficient (Wildman–Crippen LogP) is 3.97. The lowest BCUT2D eigenvalue weighted by Crippen LogP contribution is -2.37. The molecule has 2 aromatic rings. The highest BCUT2D eigenvalue weighted by atomic mass is 16.2. The fourth-order valence-electron chi connectivity index (χ4n) is 3.03. The Balaban J connectivity index is 2.00. The number of rotatable bonds is 6. The molecule has 0 fully saturated rings. The first-order chi connectivity index (χ1) is 13.7. The monoisotopic (exact) mass is 395 g/mol. The van der Waals surface area contributed by atoms with Gasteiger partial charge in [0, 0.05) is 18.3 Å². The molecule has 2 aromatic carbocycles. The molecule has 1 unspecified atom stereocenters. The third-order valence-electron chi connectivity index (χ3n) is 4.57. The van der Waals surface area contributed by atoms with Gasteiger partial charge in [0.15, 0.2) is 0 Å². The van der Waals surface area contributed by atoms with Crippen LogP contribution in [0.5, 0.6) is 0 Å². The Morgan fingerprint density at radius 3 is 2.00 bits per heavy atom. The van der Waals surface area contributed by atoms with Crippen LogP contribution < -0.4 is 16.0 Å². The first-order valence-corrected chi connectivity index (χ1v) is 9.75. The summed E-state index contributed by atoms with van der Waals surface area (Å²) in [7, 11) is 0. The van der Waals surface area contributed by atoms with E-state index in [1.54, 1.807) is 25.1 Å². The largest absolute Gasteiger partial charge is 0.341 e. The van der Waals surface area contributed by atoms with Gasteiger partial charge < -0.3 is 16.0 Å². The molecule has 0 saturated heterocycles. The molecule has 0 spiro atoms. The van der Waals surface area contributed by atoms with E-state index in [2.05, 4.69) is 41.9 Å². The van der Waals surface area contributed by atoms with Gasteiger partial charge in [-0.1, -0.05) is 44.2 Å². The highest BCUT2D eigenvalue weighted by Crippen LogP contribution is 2.23. The second kappa shape index (κ2) is 9.87. The first kappa shape index (κ1) is 22.1. The zero-order chi connectivity index (χ0) is 21.6. The second-order valence-electron chi connectivity index (χ2n) is 7.65. The summed E-state index contributed by atoms with van der Waals surface area (Å²) in [5.74, 6) is -1.10. The van der Waals surface area contributed by atoms with Crippen molar-refractivity contribution in [1.82, 2.24) is 5.32 Å². The fourth-order valence-corrected chi connectivity index (χ4v) is 3.03. The fraction of sp³-hybridized carbons (Fsp3) is 0.348. The maximum atomic E-state index is 12.3. The van der Waals surface area contributed by atoms with Crippen LogP contribution in [-0.4, -0.2) is 17.7 Å². The number of hydrogen-bond donors (Lipinski definition) is 3. The van der Waals surface area contributed by atoms with Crippen molar-refractivity contribution in [2.45, 2.75) is 47.1 Å². The van der Waals surface area contributed by atoms with Crippen molar-refractivity contribution in [3.8, 4) is 0 Å². The maximum absolute atomic E-state index is 12.3. The Labute approximate surface area is 172 Å². The predicted molar refractivity (Wildman–Crippen MR) is 116 cm³/mol. The summed E-state index contributed by atoms with van der Waals surface area (Å²) >= 11 is 0. The highest BCUT2D eigenvalue weighted by molar-refractivity contribution is 6.39. The van der Waals surface area contributed by atoms with Crippen LogP contribution in [0.15, 0.2) is 42.5 Å². The molecule has 3 amide bonds. The van der Waals surface area contributed by atoms with Crippen molar-refractivity contribution >= 4 is 29.1 Å². The van der Waals surface area contributed by atoms with Crippen LogP contribution in [0.25, 0.3) is 0 Å². The molecule has 29 heavy (non-hydrogen) atoms. The summed E-state index contributed by atoms with van der Waals surface area (Å²) in [6.45, 7) is 9.35. The summed E-state index contributed by atoms with van der Waals surface area (Å²) in [6.07, 6.45) is 1.00. The zero-order valence-electron chi connectivity index (χ0n) is 17.6. The van der Waals surface area contributed by atoms with Crippen LogP contribution in [0.1, 0.15) is 50.4 Å². The van der Waals surface area contributed by atoms with Crippen molar-refractivity contribution in [3.05, 3.63) is 59.2 Å². The van der Waals surface area contributed by atoms with Crippen LogP contribution >= 0.6 is 0 Å². The number of carbonyl (C=O) groups excluding carboxylic acids is 3. The molecule has 0 saturated carbocycles.